The normalized spacial score (nSPS) is 12.5. The molecule has 0 heterocycles. The van der Waals surface area contributed by atoms with Gasteiger partial charge in [0, 0.05) is 6.54 Å². The molecule has 0 fully saturated rings. The van der Waals surface area contributed by atoms with E-state index in [2.05, 4.69) is 5.32 Å². The summed E-state index contributed by atoms with van der Waals surface area (Å²) >= 11 is 0. The topological polar surface area (TPSA) is 176 Å². The van der Waals surface area contributed by atoms with E-state index in [4.69, 9.17) is 15.4 Å². The van der Waals surface area contributed by atoms with Crippen molar-refractivity contribution in [1.29, 1.82) is 0 Å². The van der Waals surface area contributed by atoms with E-state index in [9.17, 15) is 22.8 Å². The van der Waals surface area contributed by atoms with Gasteiger partial charge in [0.2, 0.25) is 10.0 Å². The number of carbonyl (C=O) groups excluding carboxylic acids is 1. The standard InChI is InChI=1S/C8H15N3O7S/c9-19(17,18)3-1-2-10-8(16)11-5(7(14)15)4-6(12)13/h5H,1-4H2,(H,12,13)(H,14,15)(H2,9,17,18)(H2,10,11,16). The molecule has 1 unspecified atom stereocenters. The van der Waals surface area contributed by atoms with Crippen LogP contribution in [-0.4, -0.2) is 54.9 Å². The maximum Gasteiger partial charge on any atom is 0.326 e. The Labute approximate surface area is 109 Å². The summed E-state index contributed by atoms with van der Waals surface area (Å²) in [5.41, 5.74) is 0. The Morgan fingerprint density at radius 2 is 1.79 bits per heavy atom. The zero-order chi connectivity index (χ0) is 15.1. The van der Waals surface area contributed by atoms with E-state index in [0.29, 0.717) is 0 Å². The second kappa shape index (κ2) is 7.53. The van der Waals surface area contributed by atoms with Gasteiger partial charge in [-0.2, -0.15) is 0 Å². The minimum Gasteiger partial charge on any atom is -0.481 e. The summed E-state index contributed by atoms with van der Waals surface area (Å²) in [6.07, 6.45) is -0.706. The lowest BCUT2D eigenvalue weighted by Gasteiger charge is -2.13. The quantitative estimate of drug-likeness (QED) is 0.318. The highest BCUT2D eigenvalue weighted by atomic mass is 32.2. The molecule has 0 bridgehead atoms. The van der Waals surface area contributed by atoms with Crippen LogP contribution in [0.4, 0.5) is 4.79 Å². The van der Waals surface area contributed by atoms with Crippen molar-refractivity contribution < 1.29 is 33.0 Å². The van der Waals surface area contributed by atoms with Gasteiger partial charge in [0.1, 0.15) is 6.04 Å². The van der Waals surface area contributed by atoms with Crippen molar-refractivity contribution in [3.8, 4) is 0 Å². The van der Waals surface area contributed by atoms with Crippen molar-refractivity contribution in [1.82, 2.24) is 10.6 Å². The van der Waals surface area contributed by atoms with Crippen molar-refractivity contribution >= 4 is 28.0 Å². The van der Waals surface area contributed by atoms with Crippen LogP contribution in [0.25, 0.3) is 0 Å². The minimum atomic E-state index is -3.62. The summed E-state index contributed by atoms with van der Waals surface area (Å²) in [5.74, 6) is -3.19. The molecular formula is C8H15N3O7S. The van der Waals surface area contributed by atoms with Crippen LogP contribution < -0.4 is 15.8 Å². The molecule has 0 aromatic carbocycles. The van der Waals surface area contributed by atoms with Gasteiger partial charge >= 0.3 is 18.0 Å². The molecule has 0 aromatic rings. The van der Waals surface area contributed by atoms with Crippen LogP contribution >= 0.6 is 0 Å². The Morgan fingerprint density at radius 1 is 1.21 bits per heavy atom. The summed E-state index contributed by atoms with van der Waals surface area (Å²) in [6.45, 7) is -0.0400. The second-order valence-electron chi connectivity index (χ2n) is 3.61. The zero-order valence-electron chi connectivity index (χ0n) is 9.83. The third kappa shape index (κ3) is 9.79. The first-order valence-electron chi connectivity index (χ1n) is 5.11. The lowest BCUT2D eigenvalue weighted by molar-refractivity contribution is -0.145. The molecule has 0 saturated heterocycles. The molecule has 10 nitrogen and oxygen atoms in total. The number of hydrogen-bond acceptors (Lipinski definition) is 5. The molecule has 110 valence electrons. The first kappa shape index (κ1) is 17.1. The number of carboxylic acid groups (broad SMARTS) is 2. The fraction of sp³-hybridized carbons (Fsp3) is 0.625. The predicted octanol–water partition coefficient (Wildman–Crippen LogP) is -2.11. The number of urea groups is 1. The monoisotopic (exact) mass is 297 g/mol. The Balaban J connectivity index is 4.07. The predicted molar refractivity (Wildman–Crippen MR) is 62.8 cm³/mol. The van der Waals surface area contributed by atoms with Gasteiger partial charge in [-0.15, -0.1) is 0 Å². The first-order valence-corrected chi connectivity index (χ1v) is 6.83. The Kier molecular flexibility index (Phi) is 6.79. The molecule has 0 aliphatic heterocycles. The number of primary sulfonamides is 1. The highest BCUT2D eigenvalue weighted by molar-refractivity contribution is 7.89. The third-order valence-electron chi connectivity index (χ3n) is 1.87. The molecule has 0 aromatic heterocycles. The number of rotatable bonds is 8. The average molecular weight is 297 g/mol. The van der Waals surface area contributed by atoms with Crippen LogP contribution in [0.2, 0.25) is 0 Å². The van der Waals surface area contributed by atoms with Crippen molar-refractivity contribution in [2.45, 2.75) is 18.9 Å². The average Bonchev–Trinajstić information content (AvgIpc) is 2.21. The number of carboxylic acids is 2. The van der Waals surface area contributed by atoms with E-state index >= 15 is 0 Å². The molecule has 2 amide bonds. The van der Waals surface area contributed by atoms with Crippen molar-refractivity contribution in [2.75, 3.05) is 12.3 Å². The van der Waals surface area contributed by atoms with Gasteiger partial charge in [-0.3, -0.25) is 4.79 Å². The van der Waals surface area contributed by atoms with Crippen LogP contribution in [-0.2, 0) is 19.6 Å². The maximum absolute atomic E-state index is 11.2. The number of amides is 2. The molecule has 0 saturated carbocycles. The Bertz CT molecular complexity index is 447. The van der Waals surface area contributed by atoms with Crippen LogP contribution in [0.3, 0.4) is 0 Å². The maximum atomic E-state index is 11.2. The van der Waals surface area contributed by atoms with E-state index in [1.165, 1.54) is 0 Å². The van der Waals surface area contributed by atoms with Crippen molar-refractivity contribution in [3.05, 3.63) is 0 Å². The van der Waals surface area contributed by atoms with Crippen LogP contribution in [0.1, 0.15) is 12.8 Å². The smallest absolute Gasteiger partial charge is 0.326 e. The van der Waals surface area contributed by atoms with Gasteiger partial charge < -0.3 is 20.8 Å². The van der Waals surface area contributed by atoms with E-state index in [0.717, 1.165) is 0 Å². The number of nitrogens with two attached hydrogens (primary N) is 1. The number of aliphatic carboxylic acids is 2. The highest BCUT2D eigenvalue weighted by Crippen LogP contribution is 1.92. The van der Waals surface area contributed by atoms with E-state index < -0.39 is 40.5 Å². The van der Waals surface area contributed by atoms with Crippen LogP contribution in [0.15, 0.2) is 0 Å². The number of nitrogens with one attached hydrogen (secondary N) is 2. The van der Waals surface area contributed by atoms with Crippen LogP contribution in [0, 0.1) is 0 Å². The van der Waals surface area contributed by atoms with Crippen molar-refractivity contribution in [2.24, 2.45) is 5.14 Å². The fourth-order valence-electron chi connectivity index (χ4n) is 1.06. The summed E-state index contributed by atoms with van der Waals surface area (Å²) in [7, 11) is -3.62. The molecule has 0 aliphatic rings. The summed E-state index contributed by atoms with van der Waals surface area (Å²) in [4.78, 5) is 32.2. The minimum absolute atomic E-state index is 0.0400. The zero-order valence-corrected chi connectivity index (χ0v) is 10.6. The molecular weight excluding hydrogens is 282 g/mol. The number of hydrogen-bond donors (Lipinski definition) is 5. The van der Waals surface area contributed by atoms with Gasteiger partial charge in [0.15, 0.2) is 0 Å². The van der Waals surface area contributed by atoms with Gasteiger partial charge in [-0.05, 0) is 6.42 Å². The molecule has 19 heavy (non-hydrogen) atoms. The summed E-state index contributed by atoms with van der Waals surface area (Å²) in [6, 6.07) is -2.46. The lowest BCUT2D eigenvalue weighted by Crippen LogP contribution is -2.47. The molecule has 0 rings (SSSR count). The number of carbonyl (C=O) groups is 3. The van der Waals surface area contributed by atoms with Gasteiger partial charge in [-0.1, -0.05) is 0 Å². The highest BCUT2D eigenvalue weighted by Gasteiger charge is 2.22. The van der Waals surface area contributed by atoms with Gasteiger partial charge in [-0.25, -0.2) is 23.1 Å². The van der Waals surface area contributed by atoms with Gasteiger partial charge in [0.05, 0.1) is 12.2 Å². The molecule has 0 radical (unpaired) electrons. The lowest BCUT2D eigenvalue weighted by atomic mass is 10.2. The third-order valence-corrected chi connectivity index (χ3v) is 2.73. The molecule has 11 heteroatoms. The van der Waals surface area contributed by atoms with Crippen LogP contribution in [0.5, 0.6) is 0 Å². The number of sulfonamides is 1. The largest absolute Gasteiger partial charge is 0.481 e. The molecule has 1 atom stereocenters. The second-order valence-corrected chi connectivity index (χ2v) is 5.34. The van der Waals surface area contributed by atoms with E-state index in [1.54, 1.807) is 0 Å². The Hall–Kier alpha value is -1.88. The van der Waals surface area contributed by atoms with Crippen molar-refractivity contribution in [3.63, 3.8) is 0 Å². The van der Waals surface area contributed by atoms with Gasteiger partial charge in [0.25, 0.3) is 0 Å². The van der Waals surface area contributed by atoms with E-state index in [-0.39, 0.29) is 18.7 Å². The first-order chi connectivity index (χ1) is 8.61. The molecule has 6 N–H and O–H groups in total. The summed E-state index contributed by atoms with van der Waals surface area (Å²) in [5, 5.41) is 25.9. The summed E-state index contributed by atoms with van der Waals surface area (Å²) < 4.78 is 21.1. The Morgan fingerprint density at radius 3 is 2.21 bits per heavy atom. The fourth-order valence-corrected chi connectivity index (χ4v) is 1.61. The SMILES string of the molecule is NS(=O)(=O)CCCNC(=O)NC(CC(=O)O)C(=O)O. The molecule has 0 aliphatic carbocycles. The van der Waals surface area contributed by atoms with E-state index in [1.807, 2.05) is 5.32 Å². The molecule has 0 spiro atoms.